The fourth-order valence-electron chi connectivity index (χ4n) is 2.45. The van der Waals surface area contributed by atoms with Crippen molar-refractivity contribution in [1.82, 2.24) is 4.98 Å². The van der Waals surface area contributed by atoms with E-state index in [1.807, 2.05) is 12.1 Å². The number of anilines is 1. The SMILES string of the molecule is COc1ncccc1NC1CCCC1(C)C. The Morgan fingerprint density at radius 3 is 2.94 bits per heavy atom. The summed E-state index contributed by atoms with van der Waals surface area (Å²) in [6.45, 7) is 4.64. The van der Waals surface area contributed by atoms with Crippen LogP contribution in [0.15, 0.2) is 18.3 Å². The van der Waals surface area contributed by atoms with Gasteiger partial charge in [-0.15, -0.1) is 0 Å². The number of ether oxygens (including phenoxy) is 1. The van der Waals surface area contributed by atoms with Gasteiger partial charge < -0.3 is 10.1 Å². The zero-order valence-corrected chi connectivity index (χ0v) is 10.3. The molecule has 1 unspecified atom stereocenters. The minimum Gasteiger partial charge on any atom is -0.480 e. The first-order valence-electron chi connectivity index (χ1n) is 5.89. The third kappa shape index (κ3) is 2.13. The number of aromatic nitrogens is 1. The van der Waals surface area contributed by atoms with Gasteiger partial charge >= 0.3 is 0 Å². The summed E-state index contributed by atoms with van der Waals surface area (Å²) in [6, 6.07) is 4.48. The molecule has 1 aliphatic carbocycles. The highest BCUT2D eigenvalue weighted by atomic mass is 16.5. The van der Waals surface area contributed by atoms with Crippen molar-refractivity contribution in [3.8, 4) is 5.88 Å². The standard InChI is InChI=1S/C13H20N2O/c1-13(2)8-4-7-11(13)15-10-6-5-9-14-12(10)16-3/h5-6,9,11,15H,4,7-8H2,1-3H3. The van der Waals surface area contributed by atoms with Crippen LogP contribution in [0.1, 0.15) is 33.1 Å². The molecule has 16 heavy (non-hydrogen) atoms. The Bertz CT molecular complexity index is 363. The molecule has 0 radical (unpaired) electrons. The molecule has 0 saturated heterocycles. The van der Waals surface area contributed by atoms with Crippen LogP contribution >= 0.6 is 0 Å². The topological polar surface area (TPSA) is 34.1 Å². The molecule has 0 aliphatic heterocycles. The first kappa shape index (κ1) is 11.2. The molecule has 1 N–H and O–H groups in total. The number of nitrogens with one attached hydrogen (secondary N) is 1. The summed E-state index contributed by atoms with van der Waals surface area (Å²) in [4.78, 5) is 4.20. The third-order valence-electron chi connectivity index (χ3n) is 3.55. The van der Waals surface area contributed by atoms with E-state index >= 15 is 0 Å². The van der Waals surface area contributed by atoms with Crippen LogP contribution in [0.4, 0.5) is 5.69 Å². The smallest absolute Gasteiger partial charge is 0.237 e. The van der Waals surface area contributed by atoms with E-state index in [2.05, 4.69) is 24.1 Å². The van der Waals surface area contributed by atoms with E-state index in [0.717, 1.165) is 5.69 Å². The molecule has 0 aromatic carbocycles. The van der Waals surface area contributed by atoms with Gasteiger partial charge in [-0.25, -0.2) is 4.98 Å². The summed E-state index contributed by atoms with van der Waals surface area (Å²) >= 11 is 0. The molecule has 0 amide bonds. The van der Waals surface area contributed by atoms with Crippen molar-refractivity contribution >= 4 is 5.69 Å². The monoisotopic (exact) mass is 220 g/mol. The summed E-state index contributed by atoms with van der Waals surface area (Å²) in [6.07, 6.45) is 5.56. The molecule has 1 aromatic heterocycles. The van der Waals surface area contributed by atoms with Crippen molar-refractivity contribution in [2.75, 3.05) is 12.4 Å². The highest BCUT2D eigenvalue weighted by molar-refractivity contribution is 5.53. The lowest BCUT2D eigenvalue weighted by Gasteiger charge is -2.29. The largest absolute Gasteiger partial charge is 0.480 e. The molecular weight excluding hydrogens is 200 g/mol. The van der Waals surface area contributed by atoms with Gasteiger partial charge in [0.1, 0.15) is 0 Å². The van der Waals surface area contributed by atoms with E-state index in [1.165, 1.54) is 19.3 Å². The van der Waals surface area contributed by atoms with Gasteiger partial charge in [-0.05, 0) is 30.4 Å². The number of methoxy groups -OCH3 is 1. The van der Waals surface area contributed by atoms with Crippen LogP contribution in [0.3, 0.4) is 0 Å². The van der Waals surface area contributed by atoms with Gasteiger partial charge in [-0.3, -0.25) is 0 Å². The summed E-state index contributed by atoms with van der Waals surface area (Å²) < 4.78 is 5.25. The number of hydrogen-bond donors (Lipinski definition) is 1. The Kier molecular flexibility index (Phi) is 3.03. The van der Waals surface area contributed by atoms with Crippen molar-refractivity contribution in [2.24, 2.45) is 5.41 Å². The third-order valence-corrected chi connectivity index (χ3v) is 3.55. The second-order valence-electron chi connectivity index (χ2n) is 5.14. The maximum Gasteiger partial charge on any atom is 0.237 e. The van der Waals surface area contributed by atoms with Gasteiger partial charge in [-0.2, -0.15) is 0 Å². The van der Waals surface area contributed by atoms with E-state index in [1.54, 1.807) is 13.3 Å². The number of rotatable bonds is 3. The van der Waals surface area contributed by atoms with E-state index in [9.17, 15) is 0 Å². The molecular formula is C13H20N2O. The summed E-state index contributed by atoms with van der Waals surface area (Å²) in [7, 11) is 1.66. The van der Waals surface area contributed by atoms with Crippen molar-refractivity contribution in [3.05, 3.63) is 18.3 Å². The highest BCUT2D eigenvalue weighted by Gasteiger charge is 2.34. The Morgan fingerprint density at radius 2 is 2.31 bits per heavy atom. The van der Waals surface area contributed by atoms with Crippen molar-refractivity contribution in [3.63, 3.8) is 0 Å². The number of hydrogen-bond acceptors (Lipinski definition) is 3. The fourth-order valence-corrected chi connectivity index (χ4v) is 2.45. The lowest BCUT2D eigenvalue weighted by molar-refractivity contribution is 0.347. The molecule has 1 fully saturated rings. The summed E-state index contributed by atoms with van der Waals surface area (Å²) in [5.74, 6) is 0.685. The molecule has 1 aromatic rings. The predicted molar refractivity (Wildman–Crippen MR) is 65.8 cm³/mol. The minimum absolute atomic E-state index is 0.362. The second kappa shape index (κ2) is 4.32. The van der Waals surface area contributed by atoms with Crippen LogP contribution < -0.4 is 10.1 Å². The van der Waals surface area contributed by atoms with Crippen LogP contribution in [0.25, 0.3) is 0 Å². The molecule has 88 valence electrons. The molecule has 1 saturated carbocycles. The van der Waals surface area contributed by atoms with Crippen molar-refractivity contribution in [2.45, 2.75) is 39.2 Å². The molecule has 0 spiro atoms. The molecule has 0 bridgehead atoms. The van der Waals surface area contributed by atoms with Gasteiger partial charge in [0, 0.05) is 12.2 Å². The predicted octanol–water partition coefficient (Wildman–Crippen LogP) is 3.08. The normalized spacial score (nSPS) is 23.1. The Labute approximate surface area is 97.2 Å². The number of pyridine rings is 1. The molecule has 2 rings (SSSR count). The van der Waals surface area contributed by atoms with Crippen LogP contribution in [0, 0.1) is 5.41 Å². The van der Waals surface area contributed by atoms with Crippen LogP contribution in [-0.2, 0) is 0 Å². The lowest BCUT2D eigenvalue weighted by Crippen LogP contribution is -2.31. The maximum atomic E-state index is 5.25. The van der Waals surface area contributed by atoms with Crippen LogP contribution in [-0.4, -0.2) is 18.1 Å². The Balaban J connectivity index is 2.14. The molecule has 3 heteroatoms. The van der Waals surface area contributed by atoms with E-state index < -0.39 is 0 Å². The van der Waals surface area contributed by atoms with Crippen molar-refractivity contribution in [1.29, 1.82) is 0 Å². The van der Waals surface area contributed by atoms with Gasteiger partial charge in [-0.1, -0.05) is 20.3 Å². The van der Waals surface area contributed by atoms with Crippen LogP contribution in [0.5, 0.6) is 5.88 Å². The first-order chi connectivity index (χ1) is 7.63. The second-order valence-corrected chi connectivity index (χ2v) is 5.14. The lowest BCUT2D eigenvalue weighted by atomic mass is 9.87. The Morgan fingerprint density at radius 1 is 1.50 bits per heavy atom. The van der Waals surface area contributed by atoms with Gasteiger partial charge in [0.05, 0.1) is 12.8 Å². The molecule has 1 atom stereocenters. The molecule has 1 heterocycles. The average molecular weight is 220 g/mol. The zero-order valence-electron chi connectivity index (χ0n) is 10.3. The van der Waals surface area contributed by atoms with E-state index in [-0.39, 0.29) is 0 Å². The van der Waals surface area contributed by atoms with Gasteiger partial charge in [0.15, 0.2) is 0 Å². The zero-order chi connectivity index (χ0) is 11.6. The molecule has 3 nitrogen and oxygen atoms in total. The van der Waals surface area contributed by atoms with E-state index in [0.29, 0.717) is 17.3 Å². The summed E-state index contributed by atoms with van der Waals surface area (Å²) in [5, 5.41) is 3.56. The minimum atomic E-state index is 0.362. The first-order valence-corrected chi connectivity index (χ1v) is 5.89. The average Bonchev–Trinajstić information content (AvgIpc) is 2.59. The molecule has 1 aliphatic rings. The Hall–Kier alpha value is -1.25. The highest BCUT2D eigenvalue weighted by Crippen LogP contribution is 2.39. The maximum absolute atomic E-state index is 5.25. The number of nitrogens with zero attached hydrogens (tertiary/aromatic N) is 1. The van der Waals surface area contributed by atoms with Crippen LogP contribution in [0.2, 0.25) is 0 Å². The fraction of sp³-hybridized carbons (Fsp3) is 0.615. The van der Waals surface area contributed by atoms with Crippen molar-refractivity contribution < 1.29 is 4.74 Å². The van der Waals surface area contributed by atoms with Gasteiger partial charge in [0.25, 0.3) is 0 Å². The van der Waals surface area contributed by atoms with E-state index in [4.69, 9.17) is 4.74 Å². The summed E-state index contributed by atoms with van der Waals surface area (Å²) in [5.41, 5.74) is 1.37. The quantitative estimate of drug-likeness (QED) is 0.850. The van der Waals surface area contributed by atoms with Gasteiger partial charge in [0.2, 0.25) is 5.88 Å².